The van der Waals surface area contributed by atoms with Gasteiger partial charge in [0.1, 0.15) is 5.82 Å². The van der Waals surface area contributed by atoms with Crippen molar-refractivity contribution in [3.8, 4) is 0 Å². The van der Waals surface area contributed by atoms with Crippen LogP contribution in [0.1, 0.15) is 10.4 Å². The van der Waals surface area contributed by atoms with E-state index in [1.807, 2.05) is 0 Å². The van der Waals surface area contributed by atoms with Crippen molar-refractivity contribution in [2.45, 2.75) is 0 Å². The third-order valence-corrected chi connectivity index (χ3v) is 4.73. The maximum atomic E-state index is 13.0. The van der Waals surface area contributed by atoms with Crippen LogP contribution in [0, 0.1) is 5.82 Å². The van der Waals surface area contributed by atoms with E-state index in [-0.39, 0.29) is 17.6 Å². The summed E-state index contributed by atoms with van der Waals surface area (Å²) in [6.45, 7) is 3.75. The Bertz CT molecular complexity index is 785. The first-order chi connectivity index (χ1) is 13.0. The number of benzene rings is 2. The van der Waals surface area contributed by atoms with Crippen LogP contribution in [-0.4, -0.2) is 51.6 Å². The third kappa shape index (κ3) is 5.04. The number of hydrogen-bond acceptors (Lipinski definition) is 3. The highest BCUT2D eigenvalue weighted by molar-refractivity contribution is 5.95. The maximum absolute atomic E-state index is 13.0. The normalized spacial score (nSPS) is 14.7. The van der Waals surface area contributed by atoms with Crippen LogP contribution in [0.4, 0.5) is 15.8 Å². The number of halogens is 1. The molecule has 0 saturated carbocycles. The second kappa shape index (κ2) is 8.64. The molecule has 0 unspecified atom stereocenters. The number of quaternary nitrogens is 1. The molecular weight excluding hydrogens is 347 g/mol. The summed E-state index contributed by atoms with van der Waals surface area (Å²) in [5.74, 6) is -0.438. The number of piperazine rings is 1. The van der Waals surface area contributed by atoms with Gasteiger partial charge < -0.3 is 20.4 Å². The molecule has 1 saturated heterocycles. The minimum absolute atomic E-state index is 0.0482. The molecule has 1 heterocycles. The second-order valence-corrected chi connectivity index (χ2v) is 6.59. The molecule has 3 N–H and O–H groups in total. The summed E-state index contributed by atoms with van der Waals surface area (Å²) in [4.78, 5) is 27.2. The van der Waals surface area contributed by atoms with Crippen molar-refractivity contribution in [1.29, 1.82) is 0 Å². The van der Waals surface area contributed by atoms with Crippen LogP contribution in [-0.2, 0) is 4.79 Å². The first-order valence-corrected chi connectivity index (χ1v) is 9.01. The molecule has 2 amide bonds. The molecule has 0 bridgehead atoms. The van der Waals surface area contributed by atoms with E-state index in [0.717, 1.165) is 31.9 Å². The molecule has 7 heteroatoms. The number of anilines is 2. The molecule has 142 valence electrons. The van der Waals surface area contributed by atoms with E-state index in [9.17, 15) is 14.0 Å². The second-order valence-electron chi connectivity index (χ2n) is 6.59. The molecule has 0 aromatic heterocycles. The van der Waals surface area contributed by atoms with E-state index in [1.54, 1.807) is 43.4 Å². The van der Waals surface area contributed by atoms with Crippen molar-refractivity contribution in [3.05, 3.63) is 59.9 Å². The fraction of sp³-hybridized carbons (Fsp3) is 0.300. The van der Waals surface area contributed by atoms with Gasteiger partial charge in [0.05, 0.1) is 26.2 Å². The Morgan fingerprint density at radius 3 is 2.26 bits per heavy atom. The summed E-state index contributed by atoms with van der Waals surface area (Å²) in [5.41, 5.74) is 2.24. The van der Waals surface area contributed by atoms with Crippen molar-refractivity contribution >= 4 is 23.2 Å². The molecule has 0 atom stereocenters. The maximum Gasteiger partial charge on any atom is 0.279 e. The fourth-order valence-electron chi connectivity index (χ4n) is 3.19. The Balaban J connectivity index is 1.46. The van der Waals surface area contributed by atoms with Gasteiger partial charge in [-0.1, -0.05) is 0 Å². The molecule has 1 aliphatic rings. The quantitative estimate of drug-likeness (QED) is 0.718. The molecule has 0 aliphatic carbocycles. The zero-order chi connectivity index (χ0) is 19.2. The van der Waals surface area contributed by atoms with Crippen LogP contribution < -0.4 is 20.4 Å². The van der Waals surface area contributed by atoms with Gasteiger partial charge in [0.25, 0.3) is 11.8 Å². The summed E-state index contributed by atoms with van der Waals surface area (Å²) in [6.07, 6.45) is 0. The predicted octanol–water partition coefficient (Wildman–Crippen LogP) is 0.529. The lowest BCUT2D eigenvalue weighted by atomic mass is 10.2. The van der Waals surface area contributed by atoms with Gasteiger partial charge in [0.2, 0.25) is 0 Å². The third-order valence-electron chi connectivity index (χ3n) is 4.73. The van der Waals surface area contributed by atoms with Gasteiger partial charge in [0.15, 0.2) is 6.54 Å². The Labute approximate surface area is 158 Å². The molecule has 2 aromatic carbocycles. The number of amides is 2. The van der Waals surface area contributed by atoms with Crippen molar-refractivity contribution in [1.82, 2.24) is 5.32 Å². The topological polar surface area (TPSA) is 65.9 Å². The lowest BCUT2D eigenvalue weighted by Crippen LogP contribution is -3.15. The molecule has 27 heavy (non-hydrogen) atoms. The number of carbonyl (C=O) groups is 2. The van der Waals surface area contributed by atoms with E-state index in [4.69, 9.17) is 0 Å². The highest BCUT2D eigenvalue weighted by atomic mass is 19.1. The van der Waals surface area contributed by atoms with E-state index >= 15 is 0 Å². The van der Waals surface area contributed by atoms with Gasteiger partial charge in [0, 0.05) is 24.0 Å². The van der Waals surface area contributed by atoms with E-state index in [2.05, 4.69) is 15.5 Å². The van der Waals surface area contributed by atoms with Crippen LogP contribution in [0.5, 0.6) is 0 Å². The van der Waals surface area contributed by atoms with Gasteiger partial charge in [-0.15, -0.1) is 0 Å². The number of hydrogen-bond donors (Lipinski definition) is 3. The number of nitrogens with zero attached hydrogens (tertiary/aromatic N) is 1. The Morgan fingerprint density at radius 2 is 1.67 bits per heavy atom. The van der Waals surface area contributed by atoms with Crippen molar-refractivity contribution in [2.24, 2.45) is 0 Å². The smallest absolute Gasteiger partial charge is 0.279 e. The molecule has 0 spiro atoms. The lowest BCUT2D eigenvalue weighted by molar-refractivity contribution is -0.892. The summed E-state index contributed by atoms with van der Waals surface area (Å²) < 4.78 is 13.0. The highest BCUT2D eigenvalue weighted by Crippen LogP contribution is 2.14. The van der Waals surface area contributed by atoms with Crippen molar-refractivity contribution in [2.75, 3.05) is 50.0 Å². The zero-order valence-corrected chi connectivity index (χ0v) is 15.3. The van der Waals surface area contributed by atoms with E-state index in [1.165, 1.54) is 17.0 Å². The first kappa shape index (κ1) is 18.8. The standard InChI is InChI=1S/C20H23FN4O2/c1-22-20(27)15-2-6-17(7-3-15)23-19(26)14-24-10-12-25(13-11-24)18-8-4-16(21)5-9-18/h2-9H,10-14H2,1H3,(H,22,27)(H,23,26)/p+1. The number of rotatable bonds is 5. The van der Waals surface area contributed by atoms with Gasteiger partial charge in [-0.3, -0.25) is 9.59 Å². The number of carbonyl (C=O) groups excluding carboxylic acids is 2. The van der Waals surface area contributed by atoms with Crippen LogP contribution in [0.15, 0.2) is 48.5 Å². The monoisotopic (exact) mass is 371 g/mol. The number of nitrogens with one attached hydrogen (secondary N) is 3. The first-order valence-electron chi connectivity index (χ1n) is 9.01. The summed E-state index contributed by atoms with van der Waals surface area (Å²) in [7, 11) is 1.58. The van der Waals surface area contributed by atoms with Crippen LogP contribution >= 0.6 is 0 Å². The van der Waals surface area contributed by atoms with Gasteiger partial charge in [-0.05, 0) is 48.5 Å². The van der Waals surface area contributed by atoms with Crippen LogP contribution in [0.2, 0.25) is 0 Å². The Morgan fingerprint density at radius 1 is 1.04 bits per heavy atom. The Kier molecular flexibility index (Phi) is 6.03. The molecule has 1 aliphatic heterocycles. The van der Waals surface area contributed by atoms with Crippen molar-refractivity contribution < 1.29 is 18.9 Å². The molecular formula is C20H24FN4O2+. The van der Waals surface area contributed by atoms with E-state index < -0.39 is 0 Å². The summed E-state index contributed by atoms with van der Waals surface area (Å²) in [6, 6.07) is 13.3. The van der Waals surface area contributed by atoms with Gasteiger partial charge >= 0.3 is 0 Å². The predicted molar refractivity (Wildman–Crippen MR) is 103 cm³/mol. The van der Waals surface area contributed by atoms with Crippen LogP contribution in [0.25, 0.3) is 0 Å². The molecule has 6 nitrogen and oxygen atoms in total. The SMILES string of the molecule is CNC(=O)c1ccc(NC(=O)C[NH+]2CCN(c3ccc(F)cc3)CC2)cc1. The Hall–Kier alpha value is -2.93. The summed E-state index contributed by atoms with van der Waals surface area (Å²) >= 11 is 0. The van der Waals surface area contributed by atoms with Gasteiger partial charge in [-0.25, -0.2) is 4.39 Å². The minimum atomic E-state index is -0.233. The van der Waals surface area contributed by atoms with Gasteiger partial charge in [-0.2, -0.15) is 0 Å². The molecule has 1 fully saturated rings. The van der Waals surface area contributed by atoms with Crippen molar-refractivity contribution in [3.63, 3.8) is 0 Å². The molecule has 3 rings (SSSR count). The zero-order valence-electron chi connectivity index (χ0n) is 15.3. The largest absolute Gasteiger partial charge is 0.360 e. The van der Waals surface area contributed by atoms with E-state index in [0.29, 0.717) is 17.8 Å². The average Bonchev–Trinajstić information content (AvgIpc) is 2.69. The molecule has 0 radical (unpaired) electrons. The van der Waals surface area contributed by atoms with Crippen LogP contribution in [0.3, 0.4) is 0 Å². The average molecular weight is 371 g/mol. The highest BCUT2D eigenvalue weighted by Gasteiger charge is 2.22. The fourth-order valence-corrected chi connectivity index (χ4v) is 3.19. The lowest BCUT2D eigenvalue weighted by Gasteiger charge is -2.33. The molecule has 2 aromatic rings. The minimum Gasteiger partial charge on any atom is -0.360 e. The summed E-state index contributed by atoms with van der Waals surface area (Å²) in [5, 5.41) is 5.44.